The van der Waals surface area contributed by atoms with Gasteiger partial charge in [-0.15, -0.1) is 0 Å². The molecule has 0 unspecified atom stereocenters. The Balaban J connectivity index is 2.00. The van der Waals surface area contributed by atoms with Crippen LogP contribution in [-0.2, 0) is 13.1 Å². The first kappa shape index (κ1) is 12.6. The zero-order valence-corrected chi connectivity index (χ0v) is 10.9. The number of likely N-dealkylation sites (tertiary alicyclic amines) is 1. The molecule has 2 nitrogen and oxygen atoms in total. The molecule has 94 valence electrons. The van der Waals surface area contributed by atoms with Crippen molar-refractivity contribution < 1.29 is 0 Å². The van der Waals surface area contributed by atoms with Crippen LogP contribution >= 0.6 is 0 Å². The molecule has 1 fully saturated rings. The van der Waals surface area contributed by atoms with Gasteiger partial charge in [-0.2, -0.15) is 0 Å². The van der Waals surface area contributed by atoms with Crippen molar-refractivity contribution in [2.24, 2.45) is 0 Å². The van der Waals surface area contributed by atoms with Gasteiger partial charge in [0.2, 0.25) is 0 Å². The van der Waals surface area contributed by atoms with E-state index in [0.717, 1.165) is 13.1 Å². The molecule has 1 aliphatic heterocycles. The maximum Gasteiger partial charge on any atom is 0.0236 e. The summed E-state index contributed by atoms with van der Waals surface area (Å²) in [6, 6.07) is 8.81. The normalized spacial score (nSPS) is 17.9. The first-order valence-electron chi connectivity index (χ1n) is 6.84. The maximum atomic E-state index is 3.26. The summed E-state index contributed by atoms with van der Waals surface area (Å²) in [7, 11) is 2.02. The van der Waals surface area contributed by atoms with Crippen LogP contribution in [0.2, 0.25) is 0 Å². The van der Waals surface area contributed by atoms with Crippen molar-refractivity contribution in [3.63, 3.8) is 0 Å². The third kappa shape index (κ3) is 3.83. The highest BCUT2D eigenvalue weighted by Crippen LogP contribution is 2.15. The molecular weight excluding hydrogens is 208 g/mol. The van der Waals surface area contributed by atoms with Gasteiger partial charge in [0.25, 0.3) is 0 Å². The van der Waals surface area contributed by atoms with E-state index in [1.54, 1.807) is 0 Å². The zero-order valence-electron chi connectivity index (χ0n) is 10.9. The largest absolute Gasteiger partial charge is 0.316 e. The standard InChI is InChI=1S/C15H24N2/c1-16-12-14-8-4-5-9-15(14)13-17-10-6-2-3-7-11-17/h4-5,8-9,16H,2-3,6-7,10-13H2,1H3. The lowest BCUT2D eigenvalue weighted by molar-refractivity contribution is 0.276. The molecule has 2 rings (SSSR count). The molecule has 1 aromatic carbocycles. The Morgan fingerprint density at radius 1 is 1.00 bits per heavy atom. The molecule has 1 saturated heterocycles. The van der Waals surface area contributed by atoms with Crippen LogP contribution in [0.4, 0.5) is 0 Å². The molecule has 0 aliphatic carbocycles. The number of nitrogens with one attached hydrogen (secondary N) is 1. The minimum Gasteiger partial charge on any atom is -0.316 e. The number of nitrogens with zero attached hydrogens (tertiary/aromatic N) is 1. The van der Waals surface area contributed by atoms with E-state index >= 15 is 0 Å². The summed E-state index contributed by atoms with van der Waals surface area (Å²) in [4.78, 5) is 2.61. The lowest BCUT2D eigenvalue weighted by Gasteiger charge is -2.21. The predicted octanol–water partition coefficient (Wildman–Crippen LogP) is 2.78. The van der Waals surface area contributed by atoms with Crippen LogP contribution in [0.3, 0.4) is 0 Å². The predicted molar refractivity (Wildman–Crippen MR) is 73.0 cm³/mol. The highest BCUT2D eigenvalue weighted by atomic mass is 15.1. The number of hydrogen-bond donors (Lipinski definition) is 1. The summed E-state index contributed by atoms with van der Waals surface area (Å²) in [6.45, 7) is 4.64. The number of rotatable bonds is 4. The Kier molecular flexibility index (Phi) is 5.02. The Morgan fingerprint density at radius 3 is 2.29 bits per heavy atom. The molecule has 17 heavy (non-hydrogen) atoms. The van der Waals surface area contributed by atoms with Gasteiger partial charge < -0.3 is 5.32 Å². The first-order chi connectivity index (χ1) is 8.40. The second kappa shape index (κ2) is 6.77. The second-order valence-electron chi connectivity index (χ2n) is 4.99. The molecule has 1 aliphatic rings. The summed E-state index contributed by atoms with van der Waals surface area (Å²) in [5.41, 5.74) is 2.93. The lowest BCUT2D eigenvalue weighted by atomic mass is 10.1. The van der Waals surface area contributed by atoms with Crippen LogP contribution in [0, 0.1) is 0 Å². The number of benzene rings is 1. The Morgan fingerprint density at radius 2 is 1.65 bits per heavy atom. The van der Waals surface area contributed by atoms with Gasteiger partial charge in [0.15, 0.2) is 0 Å². The summed E-state index contributed by atoms with van der Waals surface area (Å²) in [6.07, 6.45) is 5.56. The van der Waals surface area contributed by atoms with Gasteiger partial charge in [-0.1, -0.05) is 37.1 Å². The lowest BCUT2D eigenvalue weighted by Crippen LogP contribution is -2.25. The summed E-state index contributed by atoms with van der Waals surface area (Å²) in [5, 5.41) is 3.26. The highest BCUT2D eigenvalue weighted by Gasteiger charge is 2.10. The minimum absolute atomic E-state index is 0.976. The van der Waals surface area contributed by atoms with Crippen molar-refractivity contribution in [2.75, 3.05) is 20.1 Å². The Labute approximate surface area is 105 Å². The van der Waals surface area contributed by atoms with Gasteiger partial charge in [-0.25, -0.2) is 0 Å². The topological polar surface area (TPSA) is 15.3 Å². The molecule has 0 radical (unpaired) electrons. The molecule has 0 amide bonds. The van der Waals surface area contributed by atoms with E-state index < -0.39 is 0 Å². The first-order valence-corrected chi connectivity index (χ1v) is 6.84. The fraction of sp³-hybridized carbons (Fsp3) is 0.600. The molecule has 0 aromatic heterocycles. The van der Waals surface area contributed by atoms with Gasteiger partial charge in [0, 0.05) is 13.1 Å². The van der Waals surface area contributed by atoms with E-state index in [2.05, 4.69) is 34.5 Å². The fourth-order valence-corrected chi connectivity index (χ4v) is 2.61. The van der Waals surface area contributed by atoms with E-state index in [1.807, 2.05) is 7.05 Å². The van der Waals surface area contributed by atoms with Crippen LogP contribution in [0.1, 0.15) is 36.8 Å². The molecule has 0 spiro atoms. The third-order valence-corrected chi connectivity index (χ3v) is 3.58. The Bertz CT molecular complexity index is 327. The highest BCUT2D eigenvalue weighted by molar-refractivity contribution is 5.26. The molecular formula is C15H24N2. The van der Waals surface area contributed by atoms with E-state index in [9.17, 15) is 0 Å². The monoisotopic (exact) mass is 232 g/mol. The van der Waals surface area contributed by atoms with Crippen molar-refractivity contribution in [3.8, 4) is 0 Å². The molecule has 0 bridgehead atoms. The molecule has 1 aromatic rings. The van der Waals surface area contributed by atoms with E-state index in [-0.39, 0.29) is 0 Å². The van der Waals surface area contributed by atoms with Gasteiger partial charge >= 0.3 is 0 Å². The molecule has 2 heteroatoms. The van der Waals surface area contributed by atoms with E-state index in [0.29, 0.717) is 0 Å². The smallest absolute Gasteiger partial charge is 0.0236 e. The van der Waals surface area contributed by atoms with Crippen molar-refractivity contribution in [2.45, 2.75) is 38.8 Å². The third-order valence-electron chi connectivity index (χ3n) is 3.58. The quantitative estimate of drug-likeness (QED) is 0.858. The second-order valence-corrected chi connectivity index (χ2v) is 4.99. The molecule has 1 heterocycles. The van der Waals surface area contributed by atoms with Crippen molar-refractivity contribution in [1.29, 1.82) is 0 Å². The van der Waals surface area contributed by atoms with Gasteiger partial charge in [-0.05, 0) is 44.1 Å². The fourth-order valence-electron chi connectivity index (χ4n) is 2.61. The van der Waals surface area contributed by atoms with Crippen LogP contribution in [0.15, 0.2) is 24.3 Å². The van der Waals surface area contributed by atoms with Gasteiger partial charge in [0.1, 0.15) is 0 Å². The Hall–Kier alpha value is -0.860. The van der Waals surface area contributed by atoms with Gasteiger partial charge in [0.05, 0.1) is 0 Å². The minimum atomic E-state index is 0.976. The van der Waals surface area contributed by atoms with E-state index in [1.165, 1.54) is 49.9 Å². The van der Waals surface area contributed by atoms with Crippen molar-refractivity contribution in [1.82, 2.24) is 10.2 Å². The molecule has 0 saturated carbocycles. The van der Waals surface area contributed by atoms with Crippen LogP contribution in [-0.4, -0.2) is 25.0 Å². The molecule has 0 atom stereocenters. The van der Waals surface area contributed by atoms with Crippen LogP contribution in [0.5, 0.6) is 0 Å². The summed E-state index contributed by atoms with van der Waals surface area (Å²) < 4.78 is 0. The summed E-state index contributed by atoms with van der Waals surface area (Å²) >= 11 is 0. The van der Waals surface area contributed by atoms with Crippen LogP contribution < -0.4 is 5.32 Å². The number of hydrogen-bond acceptors (Lipinski definition) is 2. The summed E-state index contributed by atoms with van der Waals surface area (Å²) in [5.74, 6) is 0. The van der Waals surface area contributed by atoms with E-state index in [4.69, 9.17) is 0 Å². The SMILES string of the molecule is CNCc1ccccc1CN1CCCCCC1. The van der Waals surface area contributed by atoms with Crippen LogP contribution in [0.25, 0.3) is 0 Å². The molecule has 1 N–H and O–H groups in total. The van der Waals surface area contributed by atoms with Crippen molar-refractivity contribution in [3.05, 3.63) is 35.4 Å². The maximum absolute atomic E-state index is 3.26. The zero-order chi connectivity index (χ0) is 11.9. The van der Waals surface area contributed by atoms with Gasteiger partial charge in [-0.3, -0.25) is 4.90 Å². The van der Waals surface area contributed by atoms with Crippen molar-refractivity contribution >= 4 is 0 Å². The average Bonchev–Trinajstić information content (AvgIpc) is 2.61. The average molecular weight is 232 g/mol.